The van der Waals surface area contributed by atoms with E-state index in [1.54, 1.807) is 91.7 Å². The van der Waals surface area contributed by atoms with Gasteiger partial charge in [0.2, 0.25) is 5.91 Å². The van der Waals surface area contributed by atoms with Gasteiger partial charge in [0, 0.05) is 23.5 Å². The topological polar surface area (TPSA) is 114 Å². The van der Waals surface area contributed by atoms with Gasteiger partial charge in [0.1, 0.15) is 28.7 Å². The summed E-state index contributed by atoms with van der Waals surface area (Å²) in [5.41, 5.74) is 3.60. The van der Waals surface area contributed by atoms with E-state index in [1.807, 2.05) is 6.07 Å². The van der Waals surface area contributed by atoms with Crippen molar-refractivity contribution in [2.45, 2.75) is 18.2 Å². The Morgan fingerprint density at radius 2 is 1.50 bits per heavy atom. The SMILES string of the molecule is COc1ccc(C(=O)N2CCc3ccc(NC(=O)CN(c4ccc(OC)cc4)S(=O)(=O)c4cc(C)ccc4OC)cc32)cc1. The molecule has 1 aliphatic rings. The Bertz CT molecular complexity index is 1790. The van der Waals surface area contributed by atoms with E-state index < -0.39 is 22.5 Å². The molecule has 11 heteroatoms. The molecule has 228 valence electrons. The van der Waals surface area contributed by atoms with Crippen LogP contribution in [0.3, 0.4) is 0 Å². The minimum Gasteiger partial charge on any atom is -0.497 e. The number of benzene rings is 4. The molecule has 0 fully saturated rings. The molecule has 0 unspecified atom stereocenters. The van der Waals surface area contributed by atoms with E-state index in [-0.39, 0.29) is 22.2 Å². The zero-order chi connectivity index (χ0) is 31.4. The number of carbonyl (C=O) groups is 2. The second-order valence-electron chi connectivity index (χ2n) is 10.2. The highest BCUT2D eigenvalue weighted by Gasteiger charge is 2.31. The molecule has 0 bridgehead atoms. The average Bonchev–Trinajstić information content (AvgIpc) is 3.46. The maximum Gasteiger partial charge on any atom is 0.268 e. The molecule has 1 heterocycles. The van der Waals surface area contributed by atoms with E-state index in [9.17, 15) is 18.0 Å². The Hall–Kier alpha value is -5.03. The monoisotopic (exact) mass is 615 g/mol. The maximum atomic E-state index is 14.0. The van der Waals surface area contributed by atoms with Crippen LogP contribution in [0.25, 0.3) is 0 Å². The van der Waals surface area contributed by atoms with Crippen LogP contribution in [0.15, 0.2) is 89.8 Å². The van der Waals surface area contributed by atoms with Crippen molar-refractivity contribution >= 4 is 38.9 Å². The van der Waals surface area contributed by atoms with E-state index >= 15 is 0 Å². The first-order valence-corrected chi connectivity index (χ1v) is 15.3. The third-order valence-electron chi connectivity index (χ3n) is 7.38. The van der Waals surface area contributed by atoms with E-state index in [1.165, 1.54) is 20.3 Å². The molecule has 44 heavy (non-hydrogen) atoms. The number of hydrogen-bond acceptors (Lipinski definition) is 7. The van der Waals surface area contributed by atoms with Crippen LogP contribution in [0.4, 0.5) is 17.1 Å². The number of carbonyl (C=O) groups excluding carboxylic acids is 2. The van der Waals surface area contributed by atoms with Crippen LogP contribution in [-0.4, -0.2) is 54.7 Å². The summed E-state index contributed by atoms with van der Waals surface area (Å²) in [6.07, 6.45) is 0.674. The number of sulfonamides is 1. The number of rotatable bonds is 10. The number of hydrogen-bond donors (Lipinski definition) is 1. The van der Waals surface area contributed by atoms with Crippen molar-refractivity contribution in [3.05, 3.63) is 102 Å². The fraction of sp³-hybridized carbons (Fsp3) is 0.212. The highest BCUT2D eigenvalue weighted by atomic mass is 32.2. The van der Waals surface area contributed by atoms with Crippen molar-refractivity contribution < 1.29 is 32.2 Å². The lowest BCUT2D eigenvalue weighted by atomic mass is 10.1. The standard InChI is InChI=1S/C33H33N3O7S/c1-22-5-16-30(43-4)31(19-22)44(39,40)36(26-10-14-28(42-3)15-11-26)21-32(37)34-25-9-6-23-17-18-35(29(23)20-25)33(38)24-7-12-27(41-2)13-8-24/h5-16,19-20H,17-18,21H2,1-4H3,(H,34,37). The Balaban J connectivity index is 1.41. The Kier molecular flexibility index (Phi) is 8.77. The normalized spacial score (nSPS) is 12.3. The first-order chi connectivity index (χ1) is 21.1. The minimum absolute atomic E-state index is 0.0613. The summed E-state index contributed by atoms with van der Waals surface area (Å²) in [6.45, 7) is 1.76. The number of anilines is 3. The molecule has 0 aliphatic carbocycles. The molecule has 0 radical (unpaired) electrons. The van der Waals surface area contributed by atoms with Gasteiger partial charge in [0.25, 0.3) is 15.9 Å². The summed E-state index contributed by atoms with van der Waals surface area (Å²) in [5, 5.41) is 2.82. The van der Waals surface area contributed by atoms with E-state index in [4.69, 9.17) is 14.2 Å². The van der Waals surface area contributed by atoms with Gasteiger partial charge in [-0.3, -0.25) is 13.9 Å². The third-order valence-corrected chi connectivity index (χ3v) is 9.18. The lowest BCUT2D eigenvalue weighted by Crippen LogP contribution is -2.38. The van der Waals surface area contributed by atoms with Crippen LogP contribution in [0.2, 0.25) is 0 Å². The number of nitrogens with one attached hydrogen (secondary N) is 1. The van der Waals surface area contributed by atoms with Gasteiger partial charge in [-0.15, -0.1) is 0 Å². The summed E-state index contributed by atoms with van der Waals surface area (Å²) in [5.74, 6) is 0.617. The van der Waals surface area contributed by atoms with Crippen molar-refractivity contribution in [1.29, 1.82) is 0 Å². The van der Waals surface area contributed by atoms with Crippen LogP contribution in [0.5, 0.6) is 17.2 Å². The van der Waals surface area contributed by atoms with Crippen molar-refractivity contribution in [1.82, 2.24) is 0 Å². The Morgan fingerprint density at radius 3 is 2.14 bits per heavy atom. The molecule has 2 amide bonds. The molecule has 1 N–H and O–H groups in total. The molecular formula is C33H33N3O7S. The Morgan fingerprint density at radius 1 is 0.841 bits per heavy atom. The quantitative estimate of drug-likeness (QED) is 0.265. The molecule has 1 aliphatic heterocycles. The molecule has 0 atom stereocenters. The maximum absolute atomic E-state index is 14.0. The summed E-state index contributed by atoms with van der Waals surface area (Å²) < 4.78 is 44.9. The van der Waals surface area contributed by atoms with E-state index in [0.717, 1.165) is 15.4 Å². The van der Waals surface area contributed by atoms with Gasteiger partial charge < -0.3 is 24.4 Å². The van der Waals surface area contributed by atoms with E-state index in [0.29, 0.717) is 41.4 Å². The number of methoxy groups -OCH3 is 3. The van der Waals surface area contributed by atoms with Crippen molar-refractivity contribution in [2.24, 2.45) is 0 Å². The number of amides is 2. The predicted octanol–water partition coefficient (Wildman–Crippen LogP) is 5.06. The van der Waals surface area contributed by atoms with Crippen LogP contribution < -0.4 is 28.7 Å². The molecule has 0 saturated heterocycles. The zero-order valence-electron chi connectivity index (χ0n) is 24.9. The summed E-state index contributed by atoms with van der Waals surface area (Å²) >= 11 is 0. The Labute approximate surface area is 256 Å². The number of nitrogens with zero attached hydrogens (tertiary/aromatic N) is 2. The largest absolute Gasteiger partial charge is 0.497 e. The van der Waals surface area contributed by atoms with Gasteiger partial charge in [-0.05, 0) is 97.3 Å². The van der Waals surface area contributed by atoms with Crippen LogP contribution in [0, 0.1) is 6.92 Å². The first-order valence-electron chi connectivity index (χ1n) is 13.8. The molecule has 4 aromatic rings. The van der Waals surface area contributed by atoms with Crippen LogP contribution in [0.1, 0.15) is 21.5 Å². The average molecular weight is 616 g/mol. The second kappa shape index (κ2) is 12.7. The molecule has 0 spiro atoms. The summed E-state index contributed by atoms with van der Waals surface area (Å²) in [4.78, 5) is 28.4. The summed E-state index contributed by atoms with van der Waals surface area (Å²) in [6, 6.07) is 23.5. The number of ether oxygens (including phenoxy) is 3. The van der Waals surface area contributed by atoms with Crippen LogP contribution >= 0.6 is 0 Å². The molecule has 5 rings (SSSR count). The van der Waals surface area contributed by atoms with E-state index in [2.05, 4.69) is 5.32 Å². The minimum atomic E-state index is -4.25. The highest BCUT2D eigenvalue weighted by Crippen LogP contribution is 2.34. The predicted molar refractivity (Wildman–Crippen MR) is 169 cm³/mol. The van der Waals surface area contributed by atoms with Crippen molar-refractivity contribution in [2.75, 3.05) is 48.9 Å². The summed E-state index contributed by atoms with van der Waals surface area (Å²) in [7, 11) is 0.222. The first kappa shape index (κ1) is 30.4. The van der Waals surface area contributed by atoms with Gasteiger partial charge in [-0.25, -0.2) is 8.42 Å². The fourth-order valence-corrected chi connectivity index (χ4v) is 6.72. The van der Waals surface area contributed by atoms with Crippen LogP contribution in [-0.2, 0) is 21.2 Å². The third kappa shape index (κ3) is 6.18. The smallest absolute Gasteiger partial charge is 0.268 e. The van der Waals surface area contributed by atoms with Crippen molar-refractivity contribution in [3.63, 3.8) is 0 Å². The van der Waals surface area contributed by atoms with Gasteiger partial charge in [-0.1, -0.05) is 12.1 Å². The fourth-order valence-electron chi connectivity index (χ4n) is 5.06. The molecule has 0 saturated carbocycles. The lowest BCUT2D eigenvalue weighted by molar-refractivity contribution is -0.114. The molecule has 4 aromatic carbocycles. The van der Waals surface area contributed by atoms with Gasteiger partial charge in [-0.2, -0.15) is 0 Å². The van der Waals surface area contributed by atoms with Gasteiger partial charge in [0.15, 0.2) is 0 Å². The second-order valence-corrected chi connectivity index (χ2v) is 12.0. The van der Waals surface area contributed by atoms with Crippen molar-refractivity contribution in [3.8, 4) is 17.2 Å². The lowest BCUT2D eigenvalue weighted by Gasteiger charge is -2.25. The number of aryl methyl sites for hydroxylation is 1. The molecular weight excluding hydrogens is 582 g/mol. The molecule has 10 nitrogen and oxygen atoms in total. The zero-order valence-corrected chi connectivity index (χ0v) is 25.7. The highest BCUT2D eigenvalue weighted by molar-refractivity contribution is 7.93. The van der Waals surface area contributed by atoms with Gasteiger partial charge in [0.05, 0.1) is 27.0 Å². The molecule has 0 aromatic heterocycles. The van der Waals surface area contributed by atoms with Gasteiger partial charge >= 0.3 is 0 Å². The number of fused-ring (bicyclic) bond motifs is 1.